The molecule has 0 saturated heterocycles. The van der Waals surface area contributed by atoms with Crippen molar-refractivity contribution in [2.75, 3.05) is 0 Å². The number of unbranched alkanes of at least 4 members (excludes halogenated alkanes) is 8. The van der Waals surface area contributed by atoms with Crippen molar-refractivity contribution in [3.63, 3.8) is 0 Å². The molecule has 0 unspecified atom stereocenters. The molecule has 0 N–H and O–H groups in total. The van der Waals surface area contributed by atoms with E-state index in [0.717, 1.165) is 30.4 Å². The second kappa shape index (κ2) is 12.2. The van der Waals surface area contributed by atoms with Crippen molar-refractivity contribution in [1.82, 2.24) is 0 Å². The smallest absolute Gasteiger partial charge is 0.0251 e. The minimum Gasteiger partial charge on any atom is -0.0979 e. The van der Waals surface area contributed by atoms with E-state index in [1.807, 2.05) is 0 Å². The molecule has 5 rings (SSSR count). The Bertz CT molecular complexity index is 1410. The lowest BCUT2D eigenvalue weighted by molar-refractivity contribution is 0.679. The van der Waals surface area contributed by atoms with Crippen molar-refractivity contribution < 1.29 is 0 Å². The quantitative estimate of drug-likeness (QED) is 0.152. The third kappa shape index (κ3) is 5.76. The molecule has 0 nitrogen and oxygen atoms in total. The van der Waals surface area contributed by atoms with E-state index in [9.17, 15) is 0 Å². The molecule has 0 aromatic heterocycles. The van der Waals surface area contributed by atoms with Crippen molar-refractivity contribution in [2.45, 2.75) is 84.5 Å². The summed E-state index contributed by atoms with van der Waals surface area (Å²) < 4.78 is 0. The van der Waals surface area contributed by atoms with Crippen LogP contribution >= 0.6 is 0 Å². The lowest BCUT2D eigenvalue weighted by Gasteiger charge is -2.07. The van der Waals surface area contributed by atoms with Crippen LogP contribution in [0.3, 0.4) is 0 Å². The fourth-order valence-corrected chi connectivity index (χ4v) is 5.62. The van der Waals surface area contributed by atoms with Gasteiger partial charge in [0.1, 0.15) is 0 Å². The van der Waals surface area contributed by atoms with E-state index in [1.54, 1.807) is 0 Å². The van der Waals surface area contributed by atoms with Gasteiger partial charge in [-0.05, 0) is 87.3 Å². The summed E-state index contributed by atoms with van der Waals surface area (Å²) in [6, 6.07) is 22.7. The van der Waals surface area contributed by atoms with E-state index in [0.29, 0.717) is 0 Å². The maximum Gasteiger partial charge on any atom is 0.0251 e. The molecule has 1 aliphatic carbocycles. The summed E-state index contributed by atoms with van der Waals surface area (Å²) in [4.78, 5) is 0. The molecule has 0 aliphatic heterocycles. The van der Waals surface area contributed by atoms with Crippen LogP contribution in [0, 0.1) is 23.7 Å². The van der Waals surface area contributed by atoms with Crippen LogP contribution in [0.25, 0.3) is 32.7 Å². The van der Waals surface area contributed by atoms with Gasteiger partial charge < -0.3 is 0 Å². The Morgan fingerprint density at radius 1 is 0.541 bits per heavy atom. The minimum absolute atomic E-state index is 0.990. The summed E-state index contributed by atoms with van der Waals surface area (Å²) >= 11 is 0. The Hall–Kier alpha value is -3.48. The van der Waals surface area contributed by atoms with Crippen LogP contribution < -0.4 is 0 Å². The second-order valence-electron chi connectivity index (χ2n) is 10.5. The molecule has 0 saturated carbocycles. The van der Waals surface area contributed by atoms with Gasteiger partial charge in [-0.25, -0.2) is 0 Å². The van der Waals surface area contributed by atoms with E-state index < -0.39 is 0 Å². The number of fused-ring (bicyclic) bond motifs is 7. The van der Waals surface area contributed by atoms with Crippen molar-refractivity contribution in [3.8, 4) is 34.8 Å². The molecular formula is C37H38. The highest BCUT2D eigenvalue weighted by Gasteiger charge is 2.22. The Balaban J connectivity index is 1.35. The van der Waals surface area contributed by atoms with Crippen LogP contribution in [-0.4, -0.2) is 0 Å². The van der Waals surface area contributed by atoms with Crippen molar-refractivity contribution >= 4 is 21.5 Å². The predicted octanol–water partition coefficient (Wildman–Crippen LogP) is 10.2. The largest absolute Gasteiger partial charge is 0.0979 e. The lowest BCUT2D eigenvalue weighted by atomic mass is 9.97. The van der Waals surface area contributed by atoms with Gasteiger partial charge in [0.15, 0.2) is 0 Å². The van der Waals surface area contributed by atoms with Crippen LogP contribution in [0.15, 0.2) is 60.7 Å². The molecule has 0 radical (unpaired) electrons. The summed E-state index contributed by atoms with van der Waals surface area (Å²) in [6.07, 6.45) is 13.2. The number of hydrogen-bond donors (Lipinski definition) is 0. The molecule has 37 heavy (non-hydrogen) atoms. The van der Waals surface area contributed by atoms with E-state index >= 15 is 0 Å². The van der Waals surface area contributed by atoms with Gasteiger partial charge in [-0.15, -0.1) is 0 Å². The highest BCUT2D eigenvalue weighted by atomic mass is 14.3. The van der Waals surface area contributed by atoms with Crippen LogP contribution in [0.5, 0.6) is 0 Å². The second-order valence-corrected chi connectivity index (χ2v) is 10.5. The highest BCUT2D eigenvalue weighted by molar-refractivity contribution is 6.01. The molecule has 4 aromatic carbocycles. The molecule has 0 heteroatoms. The highest BCUT2D eigenvalue weighted by Crippen LogP contribution is 2.43. The Morgan fingerprint density at radius 3 is 1.49 bits per heavy atom. The molecule has 0 amide bonds. The molecule has 4 aromatic rings. The van der Waals surface area contributed by atoms with Gasteiger partial charge in [0.2, 0.25) is 0 Å². The van der Waals surface area contributed by atoms with Crippen LogP contribution in [0.4, 0.5) is 0 Å². The van der Waals surface area contributed by atoms with Gasteiger partial charge in [0.25, 0.3) is 0 Å². The molecule has 0 fully saturated rings. The average molecular weight is 483 g/mol. The Kier molecular flexibility index (Phi) is 8.28. The fraction of sp³-hybridized carbons (Fsp3) is 0.351. The first-order valence-electron chi connectivity index (χ1n) is 14.4. The van der Waals surface area contributed by atoms with Crippen LogP contribution in [0.2, 0.25) is 0 Å². The van der Waals surface area contributed by atoms with Gasteiger partial charge in [-0.1, -0.05) is 112 Å². The summed E-state index contributed by atoms with van der Waals surface area (Å²) in [5, 5.41) is 5.32. The normalized spacial score (nSPS) is 11.5. The fourth-order valence-electron chi connectivity index (χ4n) is 5.62. The number of hydrogen-bond acceptors (Lipinski definition) is 0. The molecule has 0 spiro atoms. The topological polar surface area (TPSA) is 0 Å². The maximum absolute atomic E-state index is 3.39. The van der Waals surface area contributed by atoms with E-state index in [2.05, 4.69) is 98.2 Å². The first kappa shape index (κ1) is 25.2. The maximum atomic E-state index is 3.39. The van der Waals surface area contributed by atoms with Gasteiger partial charge in [0.05, 0.1) is 0 Å². The standard InChI is InChI=1S/C37H38/c1-3-5-7-9-11-13-15-28-17-21-32-30(25-28)19-23-34-35-24-20-31-26-29(16-14-12-10-8-6-4-2)18-22-33(31)37(35)27-36(32)34/h17-26H,3-12,27H2,1-2H3. The SMILES string of the molecule is CCCCCCC#Cc1ccc2c3c(ccc2c1)-c1ccc2cc(C#CCCCCCC)ccc2c1C3. The lowest BCUT2D eigenvalue weighted by Crippen LogP contribution is -1.87. The molecule has 0 bridgehead atoms. The molecular weight excluding hydrogens is 444 g/mol. The minimum atomic E-state index is 0.990. The zero-order chi connectivity index (χ0) is 25.5. The van der Waals surface area contributed by atoms with Crippen molar-refractivity contribution in [1.29, 1.82) is 0 Å². The third-order valence-electron chi connectivity index (χ3n) is 7.68. The molecule has 186 valence electrons. The number of rotatable bonds is 8. The molecule has 1 aliphatic rings. The zero-order valence-electron chi connectivity index (χ0n) is 22.6. The first-order chi connectivity index (χ1) is 18.3. The van der Waals surface area contributed by atoms with E-state index in [-0.39, 0.29) is 0 Å². The molecule has 0 heterocycles. The number of benzene rings is 4. The van der Waals surface area contributed by atoms with E-state index in [1.165, 1.54) is 95.2 Å². The first-order valence-corrected chi connectivity index (χ1v) is 14.4. The summed E-state index contributed by atoms with van der Waals surface area (Å²) in [6.45, 7) is 4.50. The Morgan fingerprint density at radius 2 is 1.03 bits per heavy atom. The predicted molar refractivity (Wildman–Crippen MR) is 161 cm³/mol. The van der Waals surface area contributed by atoms with Crippen LogP contribution in [0.1, 0.15) is 100 Å². The van der Waals surface area contributed by atoms with Gasteiger partial charge in [0, 0.05) is 24.0 Å². The van der Waals surface area contributed by atoms with Gasteiger partial charge in [-0.3, -0.25) is 0 Å². The molecule has 0 atom stereocenters. The Labute approximate surface area is 223 Å². The summed E-state index contributed by atoms with van der Waals surface area (Å²) in [7, 11) is 0. The third-order valence-corrected chi connectivity index (χ3v) is 7.68. The summed E-state index contributed by atoms with van der Waals surface area (Å²) in [5.74, 6) is 13.5. The van der Waals surface area contributed by atoms with Crippen molar-refractivity contribution in [2.24, 2.45) is 0 Å². The average Bonchev–Trinajstić information content (AvgIpc) is 3.32. The van der Waals surface area contributed by atoms with Crippen LogP contribution in [-0.2, 0) is 6.42 Å². The van der Waals surface area contributed by atoms with Gasteiger partial charge >= 0.3 is 0 Å². The zero-order valence-corrected chi connectivity index (χ0v) is 22.6. The summed E-state index contributed by atoms with van der Waals surface area (Å²) in [5.41, 5.74) is 7.93. The monoisotopic (exact) mass is 482 g/mol. The van der Waals surface area contributed by atoms with E-state index in [4.69, 9.17) is 0 Å². The van der Waals surface area contributed by atoms with Crippen molar-refractivity contribution in [3.05, 3.63) is 82.9 Å². The van der Waals surface area contributed by atoms with Gasteiger partial charge in [-0.2, -0.15) is 0 Å².